The number of thioether (sulfide) groups is 1. The molecular weight excluding hydrogens is 288 g/mol. The summed E-state index contributed by atoms with van der Waals surface area (Å²) in [4.78, 5) is 26.0. The zero-order chi connectivity index (χ0) is 15.0. The quantitative estimate of drug-likeness (QED) is 0.929. The number of fused-ring (bicyclic) bond motifs is 1. The Kier molecular flexibility index (Phi) is 3.57. The molecule has 0 saturated carbocycles. The Bertz CT molecular complexity index is 575. The van der Waals surface area contributed by atoms with E-state index >= 15 is 0 Å². The second-order valence-electron chi connectivity index (χ2n) is 5.48. The zero-order valence-electron chi connectivity index (χ0n) is 12.1. The molecule has 0 aromatic heterocycles. The van der Waals surface area contributed by atoms with Crippen molar-refractivity contribution >= 4 is 29.3 Å². The van der Waals surface area contributed by atoms with E-state index in [4.69, 9.17) is 4.74 Å². The van der Waals surface area contributed by atoms with Crippen LogP contribution in [0.4, 0.5) is 5.69 Å². The second-order valence-corrected chi connectivity index (χ2v) is 6.98. The average Bonchev–Trinajstić information content (AvgIpc) is 2.97. The van der Waals surface area contributed by atoms with Gasteiger partial charge < -0.3 is 15.0 Å². The minimum absolute atomic E-state index is 0.0809. The highest BCUT2D eigenvalue weighted by molar-refractivity contribution is 8.01. The van der Waals surface area contributed by atoms with Crippen LogP contribution in [0.5, 0.6) is 5.75 Å². The van der Waals surface area contributed by atoms with Crippen molar-refractivity contribution in [2.75, 3.05) is 18.2 Å². The van der Waals surface area contributed by atoms with Crippen molar-refractivity contribution in [2.24, 2.45) is 0 Å². The maximum atomic E-state index is 12.5. The molecule has 2 aliphatic heterocycles. The van der Waals surface area contributed by atoms with Gasteiger partial charge in [0, 0.05) is 17.9 Å². The number of amides is 2. The molecule has 2 atom stereocenters. The zero-order valence-corrected chi connectivity index (χ0v) is 12.9. The number of rotatable bonds is 3. The Labute approximate surface area is 128 Å². The molecule has 2 aliphatic rings. The van der Waals surface area contributed by atoms with Crippen LogP contribution in [0.1, 0.15) is 19.8 Å². The summed E-state index contributed by atoms with van der Waals surface area (Å²) in [6.07, 6.45) is 1.36. The van der Waals surface area contributed by atoms with Gasteiger partial charge in [0.05, 0.1) is 12.0 Å². The van der Waals surface area contributed by atoms with Gasteiger partial charge in [-0.15, -0.1) is 11.8 Å². The molecule has 5 nitrogen and oxygen atoms in total. The topological polar surface area (TPSA) is 58.6 Å². The lowest BCUT2D eigenvalue weighted by Gasteiger charge is -2.29. The van der Waals surface area contributed by atoms with Crippen molar-refractivity contribution in [3.05, 3.63) is 24.3 Å². The Morgan fingerprint density at radius 1 is 1.43 bits per heavy atom. The SMILES string of the molecule is COc1ccc(NC(=O)[C@H]2CS[C@@]3(C)CCC(=O)N23)cc1. The number of hydrogen-bond acceptors (Lipinski definition) is 4. The van der Waals surface area contributed by atoms with Crippen LogP contribution in [0.3, 0.4) is 0 Å². The molecule has 0 bridgehead atoms. The molecule has 2 saturated heterocycles. The fourth-order valence-corrected chi connectivity index (χ4v) is 4.35. The minimum Gasteiger partial charge on any atom is -0.497 e. The second kappa shape index (κ2) is 5.26. The summed E-state index contributed by atoms with van der Waals surface area (Å²) in [5, 5.41) is 2.88. The molecule has 1 aromatic rings. The predicted octanol–water partition coefficient (Wildman–Crippen LogP) is 2.09. The van der Waals surface area contributed by atoms with E-state index in [1.807, 2.05) is 6.92 Å². The van der Waals surface area contributed by atoms with Gasteiger partial charge in [-0.05, 0) is 37.6 Å². The van der Waals surface area contributed by atoms with Crippen LogP contribution in [-0.4, -0.2) is 40.5 Å². The fourth-order valence-electron chi connectivity index (χ4n) is 2.91. The number of ether oxygens (including phenoxy) is 1. The molecule has 21 heavy (non-hydrogen) atoms. The van der Waals surface area contributed by atoms with E-state index in [-0.39, 0.29) is 22.7 Å². The van der Waals surface area contributed by atoms with Gasteiger partial charge in [0.1, 0.15) is 11.8 Å². The van der Waals surface area contributed by atoms with E-state index in [0.29, 0.717) is 17.9 Å². The van der Waals surface area contributed by atoms with E-state index in [1.54, 1.807) is 48.0 Å². The van der Waals surface area contributed by atoms with Gasteiger partial charge >= 0.3 is 0 Å². The van der Waals surface area contributed by atoms with Crippen molar-refractivity contribution in [1.29, 1.82) is 0 Å². The third kappa shape index (κ3) is 2.48. The molecule has 0 spiro atoms. The highest BCUT2D eigenvalue weighted by Crippen LogP contribution is 2.47. The van der Waals surface area contributed by atoms with Gasteiger partial charge in [-0.25, -0.2) is 0 Å². The van der Waals surface area contributed by atoms with Gasteiger partial charge in [-0.3, -0.25) is 9.59 Å². The maximum Gasteiger partial charge on any atom is 0.248 e. The predicted molar refractivity (Wildman–Crippen MR) is 82.4 cm³/mol. The van der Waals surface area contributed by atoms with Crippen molar-refractivity contribution in [3.63, 3.8) is 0 Å². The number of benzene rings is 1. The average molecular weight is 306 g/mol. The van der Waals surface area contributed by atoms with Crippen LogP contribution < -0.4 is 10.1 Å². The first-order chi connectivity index (χ1) is 10.0. The Balaban J connectivity index is 1.72. The largest absolute Gasteiger partial charge is 0.497 e. The molecular formula is C15H18N2O3S. The van der Waals surface area contributed by atoms with Crippen LogP contribution in [0.15, 0.2) is 24.3 Å². The van der Waals surface area contributed by atoms with Crippen LogP contribution in [0.2, 0.25) is 0 Å². The first kappa shape index (κ1) is 14.3. The number of methoxy groups -OCH3 is 1. The molecule has 3 rings (SSSR count). The first-order valence-corrected chi connectivity index (χ1v) is 7.93. The highest BCUT2D eigenvalue weighted by Gasteiger charge is 2.52. The molecule has 6 heteroatoms. The van der Waals surface area contributed by atoms with E-state index in [0.717, 1.165) is 12.2 Å². The summed E-state index contributed by atoms with van der Waals surface area (Å²) in [7, 11) is 1.60. The first-order valence-electron chi connectivity index (χ1n) is 6.94. The third-order valence-electron chi connectivity index (χ3n) is 4.11. The number of hydrogen-bond donors (Lipinski definition) is 1. The van der Waals surface area contributed by atoms with Crippen LogP contribution >= 0.6 is 11.8 Å². The Hall–Kier alpha value is -1.69. The van der Waals surface area contributed by atoms with E-state index in [2.05, 4.69) is 5.32 Å². The molecule has 112 valence electrons. The summed E-state index contributed by atoms with van der Waals surface area (Å²) >= 11 is 1.70. The van der Waals surface area contributed by atoms with E-state index in [1.165, 1.54) is 0 Å². The monoisotopic (exact) mass is 306 g/mol. The van der Waals surface area contributed by atoms with Crippen LogP contribution in [0, 0.1) is 0 Å². The van der Waals surface area contributed by atoms with Crippen molar-refractivity contribution in [3.8, 4) is 5.75 Å². The van der Waals surface area contributed by atoms with Gasteiger partial charge in [0.15, 0.2) is 0 Å². The van der Waals surface area contributed by atoms with Gasteiger partial charge in [-0.1, -0.05) is 0 Å². The maximum absolute atomic E-state index is 12.5. The fraction of sp³-hybridized carbons (Fsp3) is 0.467. The number of carbonyl (C=O) groups excluding carboxylic acids is 2. The normalized spacial score (nSPS) is 27.6. The lowest BCUT2D eigenvalue weighted by molar-refractivity contribution is -0.135. The van der Waals surface area contributed by atoms with Gasteiger partial charge in [0.2, 0.25) is 11.8 Å². The summed E-state index contributed by atoms with van der Waals surface area (Å²) < 4.78 is 5.09. The number of carbonyl (C=O) groups is 2. The smallest absolute Gasteiger partial charge is 0.248 e. The Morgan fingerprint density at radius 2 is 2.14 bits per heavy atom. The third-order valence-corrected chi connectivity index (χ3v) is 5.61. The van der Waals surface area contributed by atoms with E-state index < -0.39 is 0 Å². The molecule has 2 amide bonds. The van der Waals surface area contributed by atoms with Gasteiger partial charge in [0.25, 0.3) is 0 Å². The van der Waals surface area contributed by atoms with Crippen LogP contribution in [0.25, 0.3) is 0 Å². The molecule has 0 radical (unpaired) electrons. The highest BCUT2D eigenvalue weighted by atomic mass is 32.2. The van der Waals surface area contributed by atoms with E-state index in [9.17, 15) is 9.59 Å². The van der Waals surface area contributed by atoms with Crippen molar-refractivity contribution in [2.45, 2.75) is 30.7 Å². The molecule has 1 N–H and O–H groups in total. The Morgan fingerprint density at radius 3 is 2.81 bits per heavy atom. The molecule has 0 aliphatic carbocycles. The number of nitrogens with zero attached hydrogens (tertiary/aromatic N) is 1. The summed E-state index contributed by atoms with van der Waals surface area (Å²) in [6, 6.07) is 6.80. The molecule has 2 heterocycles. The van der Waals surface area contributed by atoms with Gasteiger partial charge in [-0.2, -0.15) is 0 Å². The lowest BCUT2D eigenvalue weighted by Crippen LogP contribution is -2.48. The summed E-state index contributed by atoms with van der Waals surface area (Å²) in [5.74, 6) is 1.36. The molecule has 2 fully saturated rings. The lowest BCUT2D eigenvalue weighted by atomic mass is 10.2. The minimum atomic E-state index is -0.378. The summed E-state index contributed by atoms with van der Waals surface area (Å²) in [6.45, 7) is 2.04. The number of anilines is 1. The van der Waals surface area contributed by atoms with Crippen molar-refractivity contribution < 1.29 is 14.3 Å². The summed E-state index contributed by atoms with van der Waals surface area (Å²) in [5.41, 5.74) is 0.714. The van der Waals surface area contributed by atoms with Crippen LogP contribution in [-0.2, 0) is 9.59 Å². The molecule has 1 aromatic carbocycles. The standard InChI is InChI=1S/C15H18N2O3S/c1-15-8-7-13(18)17(15)12(9-21-15)14(19)16-10-3-5-11(20-2)6-4-10/h3-6,12H,7-9H2,1-2H3,(H,16,19)/t12-,15+/m1/s1. The molecule has 0 unspecified atom stereocenters. The van der Waals surface area contributed by atoms with Crippen molar-refractivity contribution in [1.82, 2.24) is 4.90 Å². The number of nitrogens with one attached hydrogen (secondary N) is 1.